The van der Waals surface area contributed by atoms with Crippen LogP contribution in [0.4, 0.5) is 4.79 Å². The van der Waals surface area contributed by atoms with Crippen molar-refractivity contribution in [3.63, 3.8) is 0 Å². The zero-order valence-electron chi connectivity index (χ0n) is 14.2. The number of fused-ring (bicyclic) bond motifs is 1. The van der Waals surface area contributed by atoms with Crippen molar-refractivity contribution in [2.24, 2.45) is 5.92 Å². The van der Waals surface area contributed by atoms with Gasteiger partial charge in [-0.1, -0.05) is 18.2 Å². The number of aryl methyl sites for hydroxylation is 2. The summed E-state index contributed by atoms with van der Waals surface area (Å²) in [5, 5.41) is 20.7. The van der Waals surface area contributed by atoms with Crippen LogP contribution in [0.1, 0.15) is 42.9 Å². The summed E-state index contributed by atoms with van der Waals surface area (Å²) < 4.78 is 0. The number of imide groups is 1. The van der Waals surface area contributed by atoms with E-state index in [4.69, 9.17) is 5.26 Å². The fourth-order valence-corrected chi connectivity index (χ4v) is 3.60. The predicted octanol–water partition coefficient (Wildman–Crippen LogP) is 2.39. The summed E-state index contributed by atoms with van der Waals surface area (Å²) in [5.74, 6) is -0.871. The SMILES string of the molecule is C[C@]1(c2ccc3c(c2)CCC3)NC(=O)N(C[C@@H](C#N)CCC#N)C1=O. The number of hydrogen-bond donors (Lipinski definition) is 1. The van der Waals surface area contributed by atoms with E-state index in [0.717, 1.165) is 29.7 Å². The lowest BCUT2D eigenvalue weighted by Gasteiger charge is -2.23. The van der Waals surface area contributed by atoms with Crippen molar-refractivity contribution in [1.82, 2.24) is 10.2 Å². The molecule has 0 unspecified atom stereocenters. The minimum absolute atomic E-state index is 0.0172. The van der Waals surface area contributed by atoms with Crippen molar-refractivity contribution in [2.45, 2.75) is 44.6 Å². The highest BCUT2D eigenvalue weighted by Gasteiger charge is 2.49. The molecular formula is C19H20N4O2. The molecule has 1 saturated heterocycles. The van der Waals surface area contributed by atoms with Gasteiger partial charge in [0.2, 0.25) is 0 Å². The summed E-state index contributed by atoms with van der Waals surface area (Å²) in [6.07, 6.45) is 3.74. The highest BCUT2D eigenvalue weighted by atomic mass is 16.2. The Hall–Kier alpha value is -2.86. The van der Waals surface area contributed by atoms with Gasteiger partial charge in [-0.2, -0.15) is 10.5 Å². The lowest BCUT2D eigenvalue weighted by Crippen LogP contribution is -2.41. The average Bonchev–Trinajstić information content (AvgIpc) is 3.16. The number of carbonyl (C=O) groups is 2. The van der Waals surface area contributed by atoms with Crippen molar-refractivity contribution < 1.29 is 9.59 Å². The smallest absolute Gasteiger partial charge is 0.319 e. The van der Waals surface area contributed by atoms with Gasteiger partial charge in [0.05, 0.1) is 18.1 Å². The molecule has 0 bridgehead atoms. The minimum Gasteiger partial charge on any atom is -0.319 e. The second kappa shape index (κ2) is 6.57. The molecule has 128 valence electrons. The van der Waals surface area contributed by atoms with Crippen molar-refractivity contribution in [3.8, 4) is 12.1 Å². The normalized spacial score (nSPS) is 22.9. The second-order valence-corrected chi connectivity index (χ2v) is 6.83. The zero-order chi connectivity index (χ0) is 18.0. The van der Waals surface area contributed by atoms with Crippen LogP contribution in [-0.4, -0.2) is 23.4 Å². The van der Waals surface area contributed by atoms with Crippen LogP contribution in [0.2, 0.25) is 0 Å². The Labute approximate surface area is 147 Å². The van der Waals surface area contributed by atoms with Crippen LogP contribution in [0.25, 0.3) is 0 Å². The fourth-order valence-electron chi connectivity index (χ4n) is 3.60. The third-order valence-electron chi connectivity index (χ3n) is 5.14. The van der Waals surface area contributed by atoms with Crippen LogP contribution in [-0.2, 0) is 23.2 Å². The molecule has 1 aliphatic heterocycles. The average molecular weight is 336 g/mol. The quantitative estimate of drug-likeness (QED) is 0.835. The summed E-state index contributed by atoms with van der Waals surface area (Å²) in [4.78, 5) is 26.4. The Morgan fingerprint density at radius 2 is 2.04 bits per heavy atom. The van der Waals surface area contributed by atoms with E-state index >= 15 is 0 Å². The van der Waals surface area contributed by atoms with E-state index in [2.05, 4.69) is 11.4 Å². The zero-order valence-corrected chi connectivity index (χ0v) is 14.2. The molecule has 0 aromatic heterocycles. The molecule has 1 aromatic carbocycles. The first-order valence-electron chi connectivity index (χ1n) is 8.52. The standard InChI is InChI=1S/C19H20N4O2/c1-19(16-8-7-14-5-2-6-15(14)10-16)17(24)23(18(25)22-19)12-13(11-21)4-3-9-20/h7-8,10,13H,2-6,12H2,1H3,(H,22,25)/t13-,19-/m1/s1. The molecule has 6 nitrogen and oxygen atoms in total. The first kappa shape index (κ1) is 17.0. The molecular weight excluding hydrogens is 316 g/mol. The summed E-state index contributed by atoms with van der Waals surface area (Å²) in [7, 11) is 0. The maximum atomic E-state index is 12.9. The Morgan fingerprint density at radius 1 is 1.28 bits per heavy atom. The molecule has 1 N–H and O–H groups in total. The number of amides is 3. The number of nitriles is 2. The molecule has 1 aromatic rings. The van der Waals surface area contributed by atoms with Gasteiger partial charge in [0.1, 0.15) is 5.54 Å². The van der Waals surface area contributed by atoms with Gasteiger partial charge in [0.25, 0.3) is 5.91 Å². The monoisotopic (exact) mass is 336 g/mol. The summed E-state index contributed by atoms with van der Waals surface area (Å²) in [5.41, 5.74) is 2.22. The van der Waals surface area contributed by atoms with E-state index in [-0.39, 0.29) is 18.9 Å². The maximum absolute atomic E-state index is 12.9. The van der Waals surface area contributed by atoms with Gasteiger partial charge in [0.15, 0.2) is 0 Å². The number of rotatable bonds is 5. The molecule has 3 amide bonds. The Balaban J connectivity index is 1.82. The van der Waals surface area contributed by atoms with Gasteiger partial charge in [-0.05, 0) is 49.3 Å². The van der Waals surface area contributed by atoms with Crippen molar-refractivity contribution in [1.29, 1.82) is 10.5 Å². The van der Waals surface area contributed by atoms with Gasteiger partial charge < -0.3 is 5.32 Å². The van der Waals surface area contributed by atoms with Gasteiger partial charge in [-0.3, -0.25) is 9.69 Å². The Kier molecular flexibility index (Phi) is 4.46. The molecule has 0 radical (unpaired) electrons. The number of carbonyl (C=O) groups excluding carboxylic acids is 2. The number of nitrogens with zero attached hydrogens (tertiary/aromatic N) is 3. The Morgan fingerprint density at radius 3 is 2.76 bits per heavy atom. The maximum Gasteiger partial charge on any atom is 0.325 e. The number of urea groups is 1. The largest absolute Gasteiger partial charge is 0.325 e. The van der Waals surface area contributed by atoms with Crippen LogP contribution in [0, 0.1) is 28.6 Å². The van der Waals surface area contributed by atoms with Crippen LogP contribution in [0.3, 0.4) is 0 Å². The molecule has 25 heavy (non-hydrogen) atoms. The first-order valence-corrected chi connectivity index (χ1v) is 8.52. The highest BCUT2D eigenvalue weighted by molar-refractivity contribution is 6.07. The Bertz CT molecular complexity index is 805. The topological polar surface area (TPSA) is 97.0 Å². The molecule has 1 fully saturated rings. The molecule has 0 spiro atoms. The molecule has 1 heterocycles. The van der Waals surface area contributed by atoms with Crippen LogP contribution in [0.15, 0.2) is 18.2 Å². The summed E-state index contributed by atoms with van der Waals surface area (Å²) in [6, 6.07) is 9.55. The van der Waals surface area contributed by atoms with Crippen LogP contribution < -0.4 is 5.32 Å². The van der Waals surface area contributed by atoms with E-state index in [1.54, 1.807) is 6.92 Å². The third-order valence-corrected chi connectivity index (χ3v) is 5.14. The molecule has 6 heteroatoms. The van der Waals surface area contributed by atoms with E-state index < -0.39 is 17.5 Å². The van der Waals surface area contributed by atoms with E-state index in [1.165, 1.54) is 11.1 Å². The second-order valence-electron chi connectivity index (χ2n) is 6.83. The van der Waals surface area contributed by atoms with Crippen molar-refractivity contribution in [2.75, 3.05) is 6.54 Å². The van der Waals surface area contributed by atoms with Gasteiger partial charge >= 0.3 is 6.03 Å². The van der Waals surface area contributed by atoms with E-state index in [1.807, 2.05) is 24.3 Å². The molecule has 2 atom stereocenters. The number of nitrogens with one attached hydrogen (secondary N) is 1. The summed E-state index contributed by atoms with van der Waals surface area (Å²) in [6.45, 7) is 1.73. The van der Waals surface area contributed by atoms with Crippen LogP contribution >= 0.6 is 0 Å². The molecule has 1 aliphatic carbocycles. The fraction of sp³-hybridized carbons (Fsp3) is 0.474. The highest BCUT2D eigenvalue weighted by Crippen LogP contribution is 2.33. The van der Waals surface area contributed by atoms with Crippen molar-refractivity contribution in [3.05, 3.63) is 34.9 Å². The van der Waals surface area contributed by atoms with Gasteiger partial charge in [-0.15, -0.1) is 0 Å². The molecule has 2 aliphatic rings. The number of benzene rings is 1. The lowest BCUT2D eigenvalue weighted by molar-refractivity contribution is -0.131. The van der Waals surface area contributed by atoms with E-state index in [9.17, 15) is 14.9 Å². The summed E-state index contributed by atoms with van der Waals surface area (Å²) >= 11 is 0. The molecule has 3 rings (SSSR count). The number of hydrogen-bond acceptors (Lipinski definition) is 4. The lowest BCUT2D eigenvalue weighted by atomic mass is 9.89. The van der Waals surface area contributed by atoms with Gasteiger partial charge in [0, 0.05) is 13.0 Å². The van der Waals surface area contributed by atoms with E-state index in [0.29, 0.717) is 6.42 Å². The predicted molar refractivity (Wildman–Crippen MR) is 90.0 cm³/mol. The van der Waals surface area contributed by atoms with Crippen molar-refractivity contribution >= 4 is 11.9 Å². The van der Waals surface area contributed by atoms with Gasteiger partial charge in [-0.25, -0.2) is 4.79 Å². The first-order chi connectivity index (χ1) is 12.0. The van der Waals surface area contributed by atoms with Crippen LogP contribution in [0.5, 0.6) is 0 Å². The minimum atomic E-state index is -1.11. The third kappa shape index (κ3) is 2.96. The molecule has 0 saturated carbocycles.